The minimum atomic E-state index is -0.139. The van der Waals surface area contributed by atoms with Gasteiger partial charge in [0.15, 0.2) is 10.9 Å². The van der Waals surface area contributed by atoms with Crippen LogP contribution in [-0.4, -0.2) is 27.8 Å². The lowest BCUT2D eigenvalue weighted by Gasteiger charge is -2.03. The van der Waals surface area contributed by atoms with Crippen molar-refractivity contribution in [3.8, 4) is 0 Å². The predicted molar refractivity (Wildman–Crippen MR) is 65.8 cm³/mol. The molecule has 0 aliphatic carbocycles. The van der Waals surface area contributed by atoms with Crippen molar-refractivity contribution in [2.24, 2.45) is 0 Å². The fourth-order valence-electron chi connectivity index (χ4n) is 1.05. The Morgan fingerprint density at radius 3 is 2.69 bits per heavy atom. The minimum absolute atomic E-state index is 0.00335. The van der Waals surface area contributed by atoms with Crippen LogP contribution in [0.5, 0.6) is 0 Å². The summed E-state index contributed by atoms with van der Waals surface area (Å²) in [5.74, 6) is -0.136. The van der Waals surface area contributed by atoms with Crippen LogP contribution in [0.25, 0.3) is 0 Å². The summed E-state index contributed by atoms with van der Waals surface area (Å²) in [6, 6.07) is 0. The molecule has 1 rings (SSSR count). The van der Waals surface area contributed by atoms with Gasteiger partial charge < -0.3 is 4.79 Å². The number of carbonyl (C=O) groups is 2. The first kappa shape index (κ1) is 13.3. The van der Waals surface area contributed by atoms with E-state index in [1.54, 1.807) is 6.20 Å². The van der Waals surface area contributed by atoms with E-state index in [4.69, 9.17) is 0 Å². The summed E-state index contributed by atoms with van der Waals surface area (Å²) >= 11 is 4.60. The van der Waals surface area contributed by atoms with Crippen LogP contribution in [0.2, 0.25) is 0 Å². The van der Waals surface area contributed by atoms with Crippen molar-refractivity contribution in [3.63, 3.8) is 0 Å². The summed E-state index contributed by atoms with van der Waals surface area (Å²) in [4.78, 5) is 30.7. The smallest absolute Gasteiger partial charge is 0.187 e. The fourth-order valence-corrected chi connectivity index (χ4v) is 1.81. The number of nitrogens with zero attached hydrogens (tertiary/aromatic N) is 2. The van der Waals surface area contributed by atoms with Crippen LogP contribution >= 0.6 is 27.7 Å². The van der Waals surface area contributed by atoms with Crippen molar-refractivity contribution < 1.29 is 9.59 Å². The largest absolute Gasteiger partial charge is 0.300 e. The molecule has 0 radical (unpaired) electrons. The number of hydrogen-bond donors (Lipinski definition) is 0. The van der Waals surface area contributed by atoms with Gasteiger partial charge in [-0.25, -0.2) is 9.97 Å². The lowest BCUT2D eigenvalue weighted by atomic mass is 10.1. The molecule has 1 aromatic rings. The summed E-state index contributed by atoms with van der Waals surface area (Å²) in [7, 11) is 0. The first-order valence-electron chi connectivity index (χ1n) is 4.63. The molecule has 0 bridgehead atoms. The van der Waals surface area contributed by atoms with Crippen LogP contribution in [-0.2, 0) is 4.79 Å². The highest BCUT2D eigenvalue weighted by Gasteiger charge is 2.14. The molecule has 1 aromatic heterocycles. The van der Waals surface area contributed by atoms with Crippen LogP contribution < -0.4 is 0 Å². The molecular formula is C10H11BrN2O2S. The highest BCUT2D eigenvalue weighted by atomic mass is 79.9. The molecule has 6 heteroatoms. The number of Topliss-reactive ketones (excluding diaryl/α,β-unsaturated/α-hetero) is 2. The minimum Gasteiger partial charge on any atom is -0.300 e. The number of rotatable bonds is 5. The summed E-state index contributed by atoms with van der Waals surface area (Å²) in [5, 5.41) is 0.550. The number of aromatic nitrogens is 2. The lowest BCUT2D eigenvalue weighted by Crippen LogP contribution is -2.07. The van der Waals surface area contributed by atoms with Crippen LogP contribution in [0, 0.1) is 0 Å². The molecule has 0 N–H and O–H groups in total. The quantitative estimate of drug-likeness (QED) is 0.475. The van der Waals surface area contributed by atoms with Gasteiger partial charge in [0.2, 0.25) is 0 Å². The first-order chi connectivity index (χ1) is 7.54. The standard InChI is InChI=1S/C10H11BrN2O2S/c1-6(14)3-4-8(15)9-7(11)5-12-10(13-9)16-2/h5H,3-4H2,1-2H3. The van der Waals surface area contributed by atoms with Crippen molar-refractivity contribution in [2.75, 3.05) is 6.26 Å². The first-order valence-corrected chi connectivity index (χ1v) is 6.65. The Labute approximate surface area is 106 Å². The molecule has 0 amide bonds. The third-order valence-electron chi connectivity index (χ3n) is 1.87. The van der Waals surface area contributed by atoms with Gasteiger partial charge in [0.25, 0.3) is 0 Å². The van der Waals surface area contributed by atoms with Crippen LogP contribution in [0.1, 0.15) is 30.3 Å². The topological polar surface area (TPSA) is 59.9 Å². The maximum absolute atomic E-state index is 11.8. The van der Waals surface area contributed by atoms with E-state index in [1.807, 2.05) is 6.26 Å². The van der Waals surface area contributed by atoms with E-state index in [1.165, 1.54) is 18.7 Å². The fraction of sp³-hybridized carbons (Fsp3) is 0.400. The van der Waals surface area contributed by atoms with Gasteiger partial charge in [0.05, 0.1) is 4.47 Å². The number of halogens is 1. The van der Waals surface area contributed by atoms with Gasteiger partial charge >= 0.3 is 0 Å². The van der Waals surface area contributed by atoms with Gasteiger partial charge in [0, 0.05) is 19.0 Å². The maximum atomic E-state index is 11.8. The Morgan fingerprint density at radius 1 is 1.44 bits per heavy atom. The van der Waals surface area contributed by atoms with E-state index in [0.717, 1.165) is 0 Å². The van der Waals surface area contributed by atoms with Gasteiger partial charge in [-0.1, -0.05) is 11.8 Å². The normalized spacial score (nSPS) is 10.2. The van der Waals surface area contributed by atoms with Gasteiger partial charge in [-0.05, 0) is 29.1 Å². The average molecular weight is 303 g/mol. The molecule has 0 aliphatic rings. The lowest BCUT2D eigenvalue weighted by molar-refractivity contribution is -0.116. The SMILES string of the molecule is CSc1ncc(Br)c(C(=O)CCC(C)=O)n1. The Bertz CT molecular complexity index is 423. The van der Waals surface area contributed by atoms with Crippen molar-refractivity contribution >= 4 is 39.3 Å². The van der Waals surface area contributed by atoms with Gasteiger partial charge in [-0.15, -0.1) is 0 Å². The number of ketones is 2. The molecule has 0 saturated carbocycles. The van der Waals surface area contributed by atoms with E-state index >= 15 is 0 Å². The van der Waals surface area contributed by atoms with Crippen molar-refractivity contribution in [1.29, 1.82) is 0 Å². The zero-order valence-corrected chi connectivity index (χ0v) is 11.4. The highest BCUT2D eigenvalue weighted by Crippen LogP contribution is 2.18. The predicted octanol–water partition coefficient (Wildman–Crippen LogP) is 2.51. The molecule has 4 nitrogen and oxygen atoms in total. The van der Waals surface area contributed by atoms with Gasteiger partial charge in [-0.3, -0.25) is 4.79 Å². The summed E-state index contributed by atoms with van der Waals surface area (Å²) in [5.41, 5.74) is 0.348. The monoisotopic (exact) mass is 302 g/mol. The zero-order valence-electron chi connectivity index (χ0n) is 8.99. The molecule has 0 atom stereocenters. The molecule has 1 heterocycles. The van der Waals surface area contributed by atoms with Crippen molar-refractivity contribution in [1.82, 2.24) is 9.97 Å². The zero-order chi connectivity index (χ0) is 12.1. The Hall–Kier alpha value is -0.750. The van der Waals surface area contributed by atoms with Crippen molar-refractivity contribution in [3.05, 3.63) is 16.4 Å². The van der Waals surface area contributed by atoms with Gasteiger partial charge in [0.1, 0.15) is 11.5 Å². The molecule has 0 aliphatic heterocycles. The van der Waals surface area contributed by atoms with E-state index in [-0.39, 0.29) is 24.4 Å². The van der Waals surface area contributed by atoms with Crippen LogP contribution in [0.3, 0.4) is 0 Å². The molecule has 0 spiro atoms. The van der Waals surface area contributed by atoms with Crippen LogP contribution in [0.15, 0.2) is 15.8 Å². The van der Waals surface area contributed by atoms with Crippen LogP contribution in [0.4, 0.5) is 0 Å². The van der Waals surface area contributed by atoms with E-state index in [2.05, 4.69) is 25.9 Å². The summed E-state index contributed by atoms with van der Waals surface area (Å²) < 4.78 is 0.568. The summed E-state index contributed by atoms with van der Waals surface area (Å²) in [6.07, 6.45) is 3.84. The second-order valence-electron chi connectivity index (χ2n) is 3.18. The highest BCUT2D eigenvalue weighted by molar-refractivity contribution is 9.10. The summed E-state index contributed by atoms with van der Waals surface area (Å²) in [6.45, 7) is 1.47. The van der Waals surface area contributed by atoms with Gasteiger partial charge in [-0.2, -0.15) is 0 Å². The Kier molecular flexibility index (Phi) is 5.08. The second kappa shape index (κ2) is 6.10. The molecule has 0 saturated heterocycles. The molecule has 0 aromatic carbocycles. The van der Waals surface area contributed by atoms with Crippen molar-refractivity contribution in [2.45, 2.75) is 24.9 Å². The van der Waals surface area contributed by atoms with E-state index in [9.17, 15) is 9.59 Å². The number of carbonyl (C=O) groups excluding carboxylic acids is 2. The molecule has 86 valence electrons. The van der Waals surface area contributed by atoms with E-state index in [0.29, 0.717) is 15.3 Å². The average Bonchev–Trinajstić information content (AvgIpc) is 2.26. The number of thioether (sulfide) groups is 1. The third kappa shape index (κ3) is 3.68. The molecule has 16 heavy (non-hydrogen) atoms. The number of hydrogen-bond acceptors (Lipinski definition) is 5. The molecular weight excluding hydrogens is 292 g/mol. The van der Waals surface area contributed by atoms with E-state index < -0.39 is 0 Å². The molecule has 0 fully saturated rings. The Balaban J connectivity index is 2.85. The maximum Gasteiger partial charge on any atom is 0.187 e. The third-order valence-corrected chi connectivity index (χ3v) is 3.01. The Morgan fingerprint density at radius 2 is 2.12 bits per heavy atom. The second-order valence-corrected chi connectivity index (χ2v) is 4.81. The molecule has 0 unspecified atom stereocenters.